The Bertz CT molecular complexity index is 1440. The Morgan fingerprint density at radius 2 is 1.94 bits per heavy atom. The van der Waals surface area contributed by atoms with E-state index in [4.69, 9.17) is 15.8 Å². The molecular weight excluding hydrogens is 440 g/mol. The Hall–Kier alpha value is -3.33. The number of piperidine rings is 1. The van der Waals surface area contributed by atoms with Gasteiger partial charge < -0.3 is 10.6 Å². The van der Waals surface area contributed by atoms with E-state index < -0.39 is 0 Å². The van der Waals surface area contributed by atoms with Crippen LogP contribution in [0.3, 0.4) is 0 Å². The molecule has 182 valence electrons. The van der Waals surface area contributed by atoms with Gasteiger partial charge in [-0.2, -0.15) is 10.2 Å². The molecule has 9 nitrogen and oxygen atoms in total. The van der Waals surface area contributed by atoms with Crippen LogP contribution in [0.25, 0.3) is 11.3 Å². The van der Waals surface area contributed by atoms with Gasteiger partial charge in [0.25, 0.3) is 5.91 Å². The van der Waals surface area contributed by atoms with Crippen LogP contribution in [0.2, 0.25) is 0 Å². The van der Waals surface area contributed by atoms with Crippen molar-refractivity contribution in [2.75, 3.05) is 6.54 Å². The number of amides is 1. The van der Waals surface area contributed by atoms with Crippen LogP contribution in [0.15, 0.2) is 24.5 Å². The Morgan fingerprint density at radius 1 is 1.09 bits per heavy atom. The van der Waals surface area contributed by atoms with Crippen molar-refractivity contribution in [2.45, 2.75) is 77.3 Å². The number of aromatic nitrogens is 6. The molecule has 1 amide bonds. The Labute approximate surface area is 204 Å². The number of nitrogens with two attached hydrogens (primary N) is 1. The van der Waals surface area contributed by atoms with Crippen LogP contribution in [0.5, 0.6) is 0 Å². The van der Waals surface area contributed by atoms with Gasteiger partial charge in [-0.15, -0.1) is 0 Å². The van der Waals surface area contributed by atoms with Crippen molar-refractivity contribution in [1.82, 2.24) is 34.1 Å². The Balaban J connectivity index is 1.35. The first-order chi connectivity index (χ1) is 16.9. The second-order valence-corrected chi connectivity index (χ2v) is 10.3. The van der Waals surface area contributed by atoms with Crippen LogP contribution in [0, 0.1) is 20.8 Å². The zero-order chi connectivity index (χ0) is 24.3. The van der Waals surface area contributed by atoms with E-state index in [9.17, 15) is 4.79 Å². The lowest BCUT2D eigenvalue weighted by Gasteiger charge is -2.34. The molecule has 1 aliphatic carbocycles. The summed E-state index contributed by atoms with van der Waals surface area (Å²) >= 11 is 0. The van der Waals surface area contributed by atoms with Gasteiger partial charge in [0.1, 0.15) is 5.56 Å². The van der Waals surface area contributed by atoms with Gasteiger partial charge in [0.05, 0.1) is 23.6 Å². The van der Waals surface area contributed by atoms with Gasteiger partial charge in [-0.05, 0) is 70.9 Å². The fraction of sp³-hybridized carbons (Fsp3) is 0.500. The van der Waals surface area contributed by atoms with Crippen molar-refractivity contribution < 1.29 is 4.79 Å². The van der Waals surface area contributed by atoms with Crippen molar-refractivity contribution in [3.63, 3.8) is 0 Å². The van der Waals surface area contributed by atoms with Crippen molar-refractivity contribution in [1.29, 1.82) is 0 Å². The first-order valence-corrected chi connectivity index (χ1v) is 12.6. The maximum atomic E-state index is 13.8. The molecule has 4 aromatic heterocycles. The number of hydrogen-bond donors (Lipinski definition) is 1. The molecule has 2 N–H and O–H groups in total. The molecule has 2 aliphatic rings. The third-order valence-corrected chi connectivity index (χ3v) is 7.66. The molecule has 1 aliphatic heterocycles. The van der Waals surface area contributed by atoms with Gasteiger partial charge in [0, 0.05) is 42.2 Å². The second kappa shape index (κ2) is 8.41. The molecule has 0 aromatic carbocycles. The summed E-state index contributed by atoms with van der Waals surface area (Å²) in [5.74, 6) is 0.375. The smallest absolute Gasteiger partial charge is 0.259 e. The van der Waals surface area contributed by atoms with Crippen LogP contribution in [0.4, 0.5) is 0 Å². The van der Waals surface area contributed by atoms with E-state index >= 15 is 0 Å². The van der Waals surface area contributed by atoms with Crippen LogP contribution < -0.4 is 5.73 Å². The molecule has 0 spiro atoms. The minimum Gasteiger partial charge on any atom is -0.330 e. The normalized spacial score (nSPS) is 23.0. The van der Waals surface area contributed by atoms with Crippen molar-refractivity contribution in [3.8, 4) is 0 Å². The van der Waals surface area contributed by atoms with E-state index in [1.807, 2.05) is 29.3 Å². The van der Waals surface area contributed by atoms with E-state index in [1.165, 1.54) is 0 Å². The predicted octanol–water partition coefficient (Wildman–Crippen LogP) is 3.66. The topological polar surface area (TPSA) is 107 Å². The predicted molar refractivity (Wildman–Crippen MR) is 132 cm³/mol. The molecule has 0 radical (unpaired) electrons. The number of aryl methyl sites for hydroxylation is 3. The summed E-state index contributed by atoms with van der Waals surface area (Å²) in [7, 11) is 0. The second-order valence-electron chi connectivity index (χ2n) is 10.3. The highest BCUT2D eigenvalue weighted by molar-refractivity contribution is 6.00. The molecular formula is C26H32N8O. The first-order valence-electron chi connectivity index (χ1n) is 12.6. The average Bonchev–Trinajstić information content (AvgIpc) is 3.56. The third kappa shape index (κ3) is 3.78. The largest absolute Gasteiger partial charge is 0.330 e. The first kappa shape index (κ1) is 22.2. The summed E-state index contributed by atoms with van der Waals surface area (Å²) in [4.78, 5) is 25.4. The lowest BCUT2D eigenvalue weighted by atomic mass is 9.98. The molecule has 35 heavy (non-hydrogen) atoms. The van der Waals surface area contributed by atoms with Crippen LogP contribution >= 0.6 is 0 Å². The van der Waals surface area contributed by atoms with Crippen LogP contribution in [-0.4, -0.2) is 52.6 Å². The van der Waals surface area contributed by atoms with Crippen LogP contribution in [0.1, 0.15) is 89.2 Å². The highest BCUT2D eigenvalue weighted by atomic mass is 16.2. The van der Waals surface area contributed by atoms with Gasteiger partial charge in [0.15, 0.2) is 11.3 Å². The number of carbonyl (C=O) groups is 1. The number of fused-ring (bicyclic) bond motifs is 2. The minimum atomic E-state index is -0.0949. The van der Waals surface area contributed by atoms with E-state index in [1.54, 1.807) is 10.7 Å². The van der Waals surface area contributed by atoms with E-state index in [0.717, 1.165) is 72.5 Å². The number of carbonyl (C=O) groups excluding carboxylic acids is 1. The van der Waals surface area contributed by atoms with Crippen molar-refractivity contribution >= 4 is 17.2 Å². The van der Waals surface area contributed by atoms with E-state index in [0.29, 0.717) is 23.7 Å². The van der Waals surface area contributed by atoms with Gasteiger partial charge in [-0.1, -0.05) is 0 Å². The maximum Gasteiger partial charge on any atom is 0.259 e. The van der Waals surface area contributed by atoms with Gasteiger partial charge in [-0.25, -0.2) is 19.0 Å². The molecule has 3 atom stereocenters. The summed E-state index contributed by atoms with van der Waals surface area (Å²) in [6, 6.07) is 4.19. The summed E-state index contributed by atoms with van der Waals surface area (Å²) in [6.45, 7) is 6.71. The molecule has 2 fully saturated rings. The third-order valence-electron chi connectivity index (χ3n) is 7.66. The zero-order valence-electron chi connectivity index (χ0n) is 20.6. The van der Waals surface area contributed by atoms with Crippen molar-refractivity contribution in [3.05, 3.63) is 58.4 Å². The molecule has 0 bridgehead atoms. The molecule has 1 saturated heterocycles. The lowest BCUT2D eigenvalue weighted by molar-refractivity contribution is 0.0607. The van der Waals surface area contributed by atoms with Crippen molar-refractivity contribution in [2.24, 2.45) is 5.73 Å². The summed E-state index contributed by atoms with van der Waals surface area (Å²) in [6.07, 6.45) is 9.76. The minimum absolute atomic E-state index is 0.0379. The zero-order valence-corrected chi connectivity index (χ0v) is 20.6. The number of hydrogen-bond acceptors (Lipinski definition) is 6. The van der Waals surface area contributed by atoms with Gasteiger partial charge in [0.2, 0.25) is 0 Å². The molecule has 5 heterocycles. The maximum absolute atomic E-state index is 13.8. The number of likely N-dealkylation sites (tertiary alicyclic amines) is 1. The molecule has 4 aromatic rings. The average molecular weight is 473 g/mol. The number of rotatable bonds is 3. The molecule has 1 unspecified atom stereocenters. The fourth-order valence-corrected chi connectivity index (χ4v) is 5.94. The molecule has 6 rings (SSSR count). The fourth-order valence-electron chi connectivity index (χ4n) is 5.94. The van der Waals surface area contributed by atoms with Crippen LogP contribution in [-0.2, 0) is 0 Å². The van der Waals surface area contributed by atoms with Gasteiger partial charge in [-0.3, -0.25) is 4.79 Å². The van der Waals surface area contributed by atoms with E-state index in [-0.39, 0.29) is 18.0 Å². The summed E-state index contributed by atoms with van der Waals surface area (Å²) in [5, 5.41) is 9.32. The molecule has 1 saturated carbocycles. The lowest BCUT2D eigenvalue weighted by Crippen LogP contribution is -2.38. The SMILES string of the molecule is Cc1cc(C)n2ncc(C(=O)N3CCCC[C@H]3c3cc4nc(C5CC[C@H](N)C5)c(C)cn4n3)c2n1. The highest BCUT2D eigenvalue weighted by Gasteiger charge is 2.33. The Morgan fingerprint density at radius 3 is 2.74 bits per heavy atom. The monoisotopic (exact) mass is 472 g/mol. The van der Waals surface area contributed by atoms with E-state index in [2.05, 4.69) is 29.3 Å². The highest BCUT2D eigenvalue weighted by Crippen LogP contribution is 2.36. The molecule has 9 heteroatoms. The van der Waals surface area contributed by atoms with Gasteiger partial charge >= 0.3 is 0 Å². The standard InChI is InChI=1S/C26H32N8O/c1-15-14-33-23(30-24(15)18-7-8-19(27)11-18)12-21(31-33)22-6-4-5-9-32(22)26(35)20-13-28-34-17(3)10-16(2)29-25(20)34/h10,12-14,18-19,22H,4-9,11,27H2,1-3H3/t18?,19-,22-/m0/s1. The number of nitrogens with zero attached hydrogens (tertiary/aromatic N) is 7. The summed E-state index contributed by atoms with van der Waals surface area (Å²) < 4.78 is 3.61. The quantitative estimate of drug-likeness (QED) is 0.488. The Kier molecular flexibility index (Phi) is 5.32. The summed E-state index contributed by atoms with van der Waals surface area (Å²) in [5.41, 5.74) is 13.2.